The van der Waals surface area contributed by atoms with Crippen molar-refractivity contribution in [3.63, 3.8) is 0 Å². The van der Waals surface area contributed by atoms with Crippen molar-refractivity contribution in [2.45, 2.75) is 117 Å². The number of rotatable bonds is 13. The van der Waals surface area contributed by atoms with Gasteiger partial charge >= 0.3 is 12.2 Å². The van der Waals surface area contributed by atoms with Crippen LogP contribution in [0.15, 0.2) is 78.9 Å². The number of amides is 4. The molecule has 6 aromatic rings. The van der Waals surface area contributed by atoms with Crippen LogP contribution in [0.4, 0.5) is 9.59 Å². The third-order valence-electron chi connectivity index (χ3n) is 13.7. The second kappa shape index (κ2) is 19.9. The highest BCUT2D eigenvalue weighted by atomic mass is 16.5. The normalized spacial score (nSPS) is 17.3. The third-order valence-corrected chi connectivity index (χ3v) is 13.7. The molecule has 2 saturated heterocycles. The van der Waals surface area contributed by atoms with Crippen molar-refractivity contribution in [2.24, 2.45) is 11.8 Å². The highest BCUT2D eigenvalue weighted by molar-refractivity contribution is 5.89. The Kier molecular flexibility index (Phi) is 14.0. The van der Waals surface area contributed by atoms with Crippen molar-refractivity contribution in [2.75, 3.05) is 27.3 Å². The van der Waals surface area contributed by atoms with Gasteiger partial charge in [-0.25, -0.2) is 19.6 Å². The summed E-state index contributed by atoms with van der Waals surface area (Å²) in [5.41, 5.74) is 11.6. The van der Waals surface area contributed by atoms with Gasteiger partial charge in [0.25, 0.3) is 0 Å². The summed E-state index contributed by atoms with van der Waals surface area (Å²) in [4.78, 5) is 72.8. The predicted octanol–water partition coefficient (Wildman–Crippen LogP) is 9.94. The molecular formula is C54H66N8O6. The Labute approximate surface area is 399 Å². The molecule has 0 radical (unpaired) electrons. The van der Waals surface area contributed by atoms with Crippen LogP contribution in [0.25, 0.3) is 44.3 Å². The number of imidazole rings is 2. The Morgan fingerprint density at radius 1 is 0.647 bits per heavy atom. The molecule has 358 valence electrons. The summed E-state index contributed by atoms with van der Waals surface area (Å²) in [5, 5.41) is 5.47. The molecule has 8 rings (SSSR count). The van der Waals surface area contributed by atoms with Crippen molar-refractivity contribution in [1.29, 1.82) is 0 Å². The molecule has 4 N–H and O–H groups in total. The third kappa shape index (κ3) is 10.1. The number of methoxy groups -OCH3 is 2. The van der Waals surface area contributed by atoms with E-state index in [4.69, 9.17) is 19.4 Å². The van der Waals surface area contributed by atoms with Gasteiger partial charge in [0.2, 0.25) is 11.8 Å². The lowest BCUT2D eigenvalue weighted by Crippen LogP contribution is -2.51. The molecule has 2 aliphatic rings. The minimum absolute atomic E-state index is 0.0689. The standard InChI is InChI=1S/C54H66N8O6/c1-31(2)46(59-52(65)67-8)50(63)61-26-10-12-44(61)48-55-40-24-19-35(29-42(40)57-48)34-18-23-39(36(28-34)17-14-33-15-21-38(22-16-33)54(5,6)7)37-20-25-41-43(30-37)58-49(56-41)45-13-11-27-62(45)51(64)47(32(3)4)60-53(66)68-9/h15-16,18-25,28-32,44-47H,10-14,17,26-27H2,1-9H3,(H,55,57)(H,56,58)(H,59,65)(H,60,66). The Hall–Kier alpha value is -6.70. The lowest BCUT2D eigenvalue weighted by atomic mass is 9.86. The number of carbonyl (C=O) groups is 4. The highest BCUT2D eigenvalue weighted by Gasteiger charge is 2.39. The molecule has 14 nitrogen and oxygen atoms in total. The van der Waals surface area contributed by atoms with Crippen LogP contribution in [0.2, 0.25) is 0 Å². The highest BCUT2D eigenvalue weighted by Crippen LogP contribution is 2.37. The van der Waals surface area contributed by atoms with Crippen LogP contribution in [-0.2, 0) is 37.3 Å². The minimum atomic E-state index is -0.710. The number of ether oxygens (including phenoxy) is 2. The number of fused-ring (bicyclic) bond motifs is 2. The number of likely N-dealkylation sites (tertiary alicyclic amines) is 2. The first-order chi connectivity index (χ1) is 32.5. The molecule has 4 heterocycles. The zero-order chi connectivity index (χ0) is 48.4. The van der Waals surface area contributed by atoms with Crippen LogP contribution in [-0.4, -0.2) is 93.1 Å². The van der Waals surface area contributed by atoms with Gasteiger partial charge in [-0.15, -0.1) is 0 Å². The van der Waals surface area contributed by atoms with Crippen molar-refractivity contribution in [3.8, 4) is 22.3 Å². The van der Waals surface area contributed by atoms with E-state index in [1.54, 1.807) is 0 Å². The van der Waals surface area contributed by atoms with Crippen molar-refractivity contribution < 1.29 is 28.7 Å². The summed E-state index contributed by atoms with van der Waals surface area (Å²) in [6.45, 7) is 15.5. The average molecular weight is 923 g/mol. The fraction of sp³-hybridized carbons (Fsp3) is 0.444. The summed E-state index contributed by atoms with van der Waals surface area (Å²) in [7, 11) is 2.60. The summed E-state index contributed by atoms with van der Waals surface area (Å²) in [6, 6.07) is 26.4. The molecule has 2 fully saturated rings. The first-order valence-electron chi connectivity index (χ1n) is 24.0. The smallest absolute Gasteiger partial charge is 0.407 e. The van der Waals surface area contributed by atoms with E-state index in [1.165, 1.54) is 30.9 Å². The van der Waals surface area contributed by atoms with Crippen LogP contribution in [0, 0.1) is 11.8 Å². The number of aromatic nitrogens is 4. The lowest BCUT2D eigenvalue weighted by Gasteiger charge is -2.29. The number of nitrogens with one attached hydrogen (secondary N) is 4. The van der Waals surface area contributed by atoms with Gasteiger partial charge in [0.1, 0.15) is 23.7 Å². The maximum atomic E-state index is 13.9. The first kappa shape index (κ1) is 47.8. The molecule has 0 spiro atoms. The minimum Gasteiger partial charge on any atom is -0.453 e. The number of aryl methyl sites for hydroxylation is 2. The van der Waals surface area contributed by atoms with E-state index in [1.807, 2.05) is 49.6 Å². The molecular weight excluding hydrogens is 857 g/mol. The molecule has 4 unspecified atom stereocenters. The molecule has 2 aromatic heterocycles. The monoisotopic (exact) mass is 923 g/mol. The Morgan fingerprint density at radius 2 is 1.12 bits per heavy atom. The predicted molar refractivity (Wildman–Crippen MR) is 265 cm³/mol. The number of carbonyl (C=O) groups excluding carboxylic acids is 4. The van der Waals surface area contributed by atoms with Gasteiger partial charge < -0.3 is 39.9 Å². The molecule has 0 aliphatic carbocycles. The molecule has 4 aromatic carbocycles. The van der Waals surface area contributed by atoms with Crippen LogP contribution >= 0.6 is 0 Å². The van der Waals surface area contributed by atoms with Crippen molar-refractivity contribution in [3.05, 3.63) is 107 Å². The fourth-order valence-electron chi connectivity index (χ4n) is 9.82. The second-order valence-electron chi connectivity index (χ2n) is 20.1. The SMILES string of the molecule is COC(=O)NC(C(=O)N1CCCC1c1nc2ccc(-c3ccc(-c4ccc5nc(C6CCCN6C(=O)C(NC(=O)OC)C(C)C)[nH]c5c4)c(CCc4ccc(C(C)(C)C)cc4)c3)cc2[nH]1)C(C)C. The molecule has 0 bridgehead atoms. The van der Waals surface area contributed by atoms with Crippen LogP contribution in [0.3, 0.4) is 0 Å². The van der Waals surface area contributed by atoms with Crippen molar-refractivity contribution in [1.82, 2.24) is 40.4 Å². The maximum Gasteiger partial charge on any atom is 0.407 e. The van der Waals surface area contributed by atoms with E-state index in [9.17, 15) is 19.2 Å². The van der Waals surface area contributed by atoms with Crippen molar-refractivity contribution >= 4 is 46.1 Å². The molecule has 4 atom stereocenters. The number of H-pyrrole nitrogens is 2. The number of aromatic amines is 2. The summed E-state index contributed by atoms with van der Waals surface area (Å²) >= 11 is 0. The molecule has 68 heavy (non-hydrogen) atoms. The van der Waals surface area contributed by atoms with E-state index < -0.39 is 24.3 Å². The van der Waals surface area contributed by atoms with Gasteiger partial charge in [-0.1, -0.05) is 103 Å². The topological polar surface area (TPSA) is 175 Å². The fourth-order valence-corrected chi connectivity index (χ4v) is 9.82. The van der Waals surface area contributed by atoms with Gasteiger partial charge in [0.05, 0.1) is 48.4 Å². The average Bonchev–Trinajstić information content (AvgIpc) is 4.16. The van der Waals surface area contributed by atoms with E-state index >= 15 is 0 Å². The van der Waals surface area contributed by atoms with E-state index in [-0.39, 0.29) is 41.1 Å². The number of nitrogens with zero attached hydrogens (tertiary/aromatic N) is 4. The quantitative estimate of drug-likeness (QED) is 0.0886. The number of benzene rings is 4. The van der Waals surface area contributed by atoms with Gasteiger partial charge in [0, 0.05) is 13.1 Å². The number of hydrogen-bond acceptors (Lipinski definition) is 8. The number of alkyl carbamates (subject to hydrolysis) is 2. The van der Waals surface area contributed by atoms with Crippen LogP contribution < -0.4 is 10.6 Å². The zero-order valence-corrected chi connectivity index (χ0v) is 40.9. The van der Waals surface area contributed by atoms with Crippen LogP contribution in [0.5, 0.6) is 0 Å². The van der Waals surface area contributed by atoms with E-state index in [0.29, 0.717) is 13.1 Å². The Morgan fingerprint density at radius 3 is 1.60 bits per heavy atom. The Bertz CT molecular complexity index is 2800. The second-order valence-corrected chi connectivity index (χ2v) is 20.1. The van der Waals surface area contributed by atoms with Gasteiger partial charge in [-0.2, -0.15) is 0 Å². The number of hydrogen-bond donors (Lipinski definition) is 4. The van der Waals surface area contributed by atoms with E-state index in [0.717, 1.165) is 94.5 Å². The van der Waals surface area contributed by atoms with Crippen LogP contribution in [0.1, 0.15) is 115 Å². The van der Waals surface area contributed by atoms with Gasteiger partial charge in [-0.3, -0.25) is 9.59 Å². The van der Waals surface area contributed by atoms with Gasteiger partial charge in [-0.05, 0) is 119 Å². The largest absolute Gasteiger partial charge is 0.453 e. The summed E-state index contributed by atoms with van der Waals surface area (Å²) in [5.74, 6) is 0.937. The lowest BCUT2D eigenvalue weighted by molar-refractivity contribution is -0.136. The summed E-state index contributed by atoms with van der Waals surface area (Å²) in [6.07, 6.45) is 3.62. The molecule has 14 heteroatoms. The molecule has 4 amide bonds. The molecule has 2 aliphatic heterocycles. The summed E-state index contributed by atoms with van der Waals surface area (Å²) < 4.78 is 9.66. The molecule has 0 saturated carbocycles. The van der Waals surface area contributed by atoms with E-state index in [2.05, 4.69) is 108 Å². The van der Waals surface area contributed by atoms with Gasteiger partial charge in [0.15, 0.2) is 0 Å². The Balaban J connectivity index is 1.09. The maximum absolute atomic E-state index is 13.9. The first-order valence-corrected chi connectivity index (χ1v) is 24.0. The zero-order valence-electron chi connectivity index (χ0n) is 40.9.